The zero-order chi connectivity index (χ0) is 25.1. The van der Waals surface area contributed by atoms with E-state index in [0.717, 1.165) is 46.8 Å². The van der Waals surface area contributed by atoms with Crippen LogP contribution in [0.5, 0.6) is 0 Å². The van der Waals surface area contributed by atoms with Gasteiger partial charge in [0.1, 0.15) is 11.0 Å². The molecule has 186 valence electrons. The van der Waals surface area contributed by atoms with Crippen molar-refractivity contribution in [2.75, 3.05) is 13.2 Å². The lowest BCUT2D eigenvalue weighted by Gasteiger charge is -2.06. The van der Waals surface area contributed by atoms with Gasteiger partial charge in [-0.2, -0.15) is 10.2 Å². The Kier molecular flexibility index (Phi) is 7.67. The van der Waals surface area contributed by atoms with E-state index < -0.39 is 0 Å². The molecule has 2 aromatic carbocycles. The van der Waals surface area contributed by atoms with Crippen LogP contribution in [0.2, 0.25) is 10.2 Å². The van der Waals surface area contributed by atoms with Gasteiger partial charge < -0.3 is 4.74 Å². The molecular formula is C26H24Cl2FN5OS. The van der Waals surface area contributed by atoms with Crippen LogP contribution in [0.25, 0.3) is 11.3 Å². The molecule has 6 nitrogen and oxygen atoms in total. The Hall–Kier alpha value is -2.78. The van der Waals surface area contributed by atoms with E-state index in [-0.39, 0.29) is 11.9 Å². The van der Waals surface area contributed by atoms with Gasteiger partial charge in [0.15, 0.2) is 0 Å². The first-order valence-electron chi connectivity index (χ1n) is 11.6. The van der Waals surface area contributed by atoms with Gasteiger partial charge in [-0.15, -0.1) is 11.3 Å². The van der Waals surface area contributed by atoms with Crippen LogP contribution in [-0.2, 0) is 11.3 Å². The third kappa shape index (κ3) is 5.62. The Balaban J connectivity index is 1.48. The van der Waals surface area contributed by atoms with Crippen LogP contribution in [0.1, 0.15) is 29.7 Å². The van der Waals surface area contributed by atoms with Crippen molar-refractivity contribution in [3.05, 3.63) is 91.5 Å². The van der Waals surface area contributed by atoms with Crippen molar-refractivity contribution < 1.29 is 9.13 Å². The summed E-state index contributed by atoms with van der Waals surface area (Å²) in [4.78, 5) is 5.57. The maximum absolute atomic E-state index is 13.3. The zero-order valence-corrected chi connectivity index (χ0v) is 21.9. The number of halogens is 3. The Morgan fingerprint density at radius 2 is 1.94 bits per heavy atom. The smallest absolute Gasteiger partial charge is 0.206 e. The van der Waals surface area contributed by atoms with Gasteiger partial charge in [-0.25, -0.2) is 13.7 Å². The van der Waals surface area contributed by atoms with E-state index in [0.29, 0.717) is 28.8 Å². The van der Waals surface area contributed by atoms with E-state index in [2.05, 4.69) is 5.10 Å². The Morgan fingerprint density at radius 3 is 2.67 bits per heavy atom. The SMILES string of the molecule is Cc1nn(Cc2ccc(F)cc2)c(Cl)c1/C=N\n1c(-c2ccc(Cl)cc2)csc1=NC[C@@H]1CCCO1. The molecule has 0 radical (unpaired) electrons. The van der Waals surface area contributed by atoms with Gasteiger partial charge in [0.05, 0.1) is 42.4 Å². The maximum Gasteiger partial charge on any atom is 0.206 e. The van der Waals surface area contributed by atoms with Crippen molar-refractivity contribution in [2.24, 2.45) is 10.1 Å². The lowest BCUT2D eigenvalue weighted by molar-refractivity contribution is 0.117. The number of aromatic nitrogens is 3. The number of rotatable bonds is 7. The summed E-state index contributed by atoms with van der Waals surface area (Å²) < 4.78 is 22.5. The molecule has 2 aromatic heterocycles. The van der Waals surface area contributed by atoms with Gasteiger partial charge in [0, 0.05) is 22.6 Å². The quantitative estimate of drug-likeness (QED) is 0.261. The summed E-state index contributed by atoms with van der Waals surface area (Å²) in [6.07, 6.45) is 3.94. The van der Waals surface area contributed by atoms with Crippen molar-refractivity contribution in [3.8, 4) is 11.3 Å². The lowest BCUT2D eigenvalue weighted by atomic mass is 10.2. The first-order chi connectivity index (χ1) is 17.5. The molecule has 0 spiro atoms. The summed E-state index contributed by atoms with van der Waals surface area (Å²) in [6, 6.07) is 13.9. The van der Waals surface area contributed by atoms with Crippen molar-refractivity contribution in [2.45, 2.75) is 32.4 Å². The molecule has 0 amide bonds. The summed E-state index contributed by atoms with van der Waals surface area (Å²) in [5.74, 6) is -0.278. The Morgan fingerprint density at radius 1 is 1.17 bits per heavy atom. The van der Waals surface area contributed by atoms with Crippen molar-refractivity contribution in [3.63, 3.8) is 0 Å². The van der Waals surface area contributed by atoms with Crippen molar-refractivity contribution in [1.29, 1.82) is 0 Å². The fourth-order valence-electron chi connectivity index (χ4n) is 4.00. The third-order valence-corrected chi connectivity index (χ3v) is 7.44. The molecule has 1 fully saturated rings. The summed E-state index contributed by atoms with van der Waals surface area (Å²) in [6.45, 7) is 3.69. The number of hydrogen-bond acceptors (Lipinski definition) is 5. The topological polar surface area (TPSA) is 56.7 Å². The van der Waals surface area contributed by atoms with Crippen molar-refractivity contribution >= 4 is 40.8 Å². The monoisotopic (exact) mass is 543 g/mol. The van der Waals surface area contributed by atoms with E-state index >= 15 is 0 Å². The highest BCUT2D eigenvalue weighted by atomic mass is 35.5. The fourth-order valence-corrected chi connectivity index (χ4v) is 5.26. The molecule has 10 heteroatoms. The standard InChI is InChI=1S/C26H24Cl2FN5OS/c1-17-23(25(28)33(32-17)15-18-4-10-21(29)11-5-18)14-31-34-24(19-6-8-20(27)9-7-19)16-36-26(34)30-13-22-3-2-12-35-22/h4-11,14,16,22H,2-3,12-13,15H2,1H3/b30-26?,31-14-/t22-/m0/s1. The number of benzene rings is 2. The predicted molar refractivity (Wildman–Crippen MR) is 143 cm³/mol. The van der Waals surface area contributed by atoms with Crippen LogP contribution < -0.4 is 4.80 Å². The van der Waals surface area contributed by atoms with E-state index in [1.54, 1.807) is 23.0 Å². The molecule has 0 aliphatic carbocycles. The molecular weight excluding hydrogens is 520 g/mol. The van der Waals surface area contributed by atoms with Crippen molar-refractivity contribution in [1.82, 2.24) is 14.5 Å². The first kappa shape index (κ1) is 24.9. The van der Waals surface area contributed by atoms with Crippen LogP contribution in [0.15, 0.2) is 64.0 Å². The van der Waals surface area contributed by atoms with Gasteiger partial charge in [-0.05, 0) is 49.6 Å². The van der Waals surface area contributed by atoms with Gasteiger partial charge in [-0.3, -0.25) is 4.99 Å². The molecule has 0 bridgehead atoms. The van der Waals surface area contributed by atoms with Crippen LogP contribution in [0.4, 0.5) is 4.39 Å². The molecule has 1 aliphatic heterocycles. The molecule has 1 atom stereocenters. The molecule has 1 saturated heterocycles. The molecule has 36 heavy (non-hydrogen) atoms. The minimum absolute atomic E-state index is 0.143. The average molecular weight is 544 g/mol. The number of thiazole rings is 1. The fraction of sp³-hybridized carbons (Fsp3) is 0.269. The zero-order valence-electron chi connectivity index (χ0n) is 19.6. The molecule has 0 saturated carbocycles. The van der Waals surface area contributed by atoms with E-state index in [4.69, 9.17) is 38.0 Å². The number of aryl methyl sites for hydroxylation is 1. The summed E-state index contributed by atoms with van der Waals surface area (Å²) >= 11 is 14.3. The first-order valence-corrected chi connectivity index (χ1v) is 13.2. The average Bonchev–Trinajstić information content (AvgIpc) is 3.59. The highest BCUT2D eigenvalue weighted by Crippen LogP contribution is 2.24. The van der Waals surface area contributed by atoms with Crippen LogP contribution in [-0.4, -0.2) is 39.9 Å². The second-order valence-electron chi connectivity index (χ2n) is 8.52. The van der Waals surface area contributed by atoms with Gasteiger partial charge in [0.25, 0.3) is 0 Å². The maximum atomic E-state index is 13.3. The second kappa shape index (κ2) is 11.1. The number of nitrogens with zero attached hydrogens (tertiary/aromatic N) is 5. The van der Waals surface area contributed by atoms with E-state index in [1.165, 1.54) is 23.5 Å². The molecule has 4 aromatic rings. The second-order valence-corrected chi connectivity index (χ2v) is 10.1. The molecule has 0 unspecified atom stereocenters. The minimum Gasteiger partial charge on any atom is -0.376 e. The highest BCUT2D eigenvalue weighted by molar-refractivity contribution is 7.07. The Bertz CT molecular complexity index is 1430. The van der Waals surface area contributed by atoms with E-state index in [9.17, 15) is 4.39 Å². The third-order valence-electron chi connectivity index (χ3n) is 5.94. The summed E-state index contributed by atoms with van der Waals surface area (Å²) in [5, 5.41) is 12.5. The summed E-state index contributed by atoms with van der Waals surface area (Å²) in [7, 11) is 0. The molecule has 0 N–H and O–H groups in total. The summed E-state index contributed by atoms with van der Waals surface area (Å²) in [5.41, 5.74) is 4.22. The molecule has 5 rings (SSSR count). The van der Waals surface area contributed by atoms with Crippen LogP contribution in [0, 0.1) is 12.7 Å². The molecule has 3 heterocycles. The predicted octanol–water partition coefficient (Wildman–Crippen LogP) is 6.18. The Labute approximate surface area is 222 Å². The molecule has 1 aliphatic rings. The largest absolute Gasteiger partial charge is 0.376 e. The lowest BCUT2D eigenvalue weighted by Crippen LogP contribution is -2.17. The normalized spacial score (nSPS) is 16.4. The minimum atomic E-state index is -0.278. The van der Waals surface area contributed by atoms with Gasteiger partial charge in [-0.1, -0.05) is 47.5 Å². The highest BCUT2D eigenvalue weighted by Gasteiger charge is 2.16. The van der Waals surface area contributed by atoms with Gasteiger partial charge >= 0.3 is 0 Å². The number of ether oxygens (including phenoxy) is 1. The van der Waals surface area contributed by atoms with Crippen LogP contribution in [0.3, 0.4) is 0 Å². The number of hydrogen-bond donors (Lipinski definition) is 0. The van der Waals surface area contributed by atoms with Gasteiger partial charge in [0.2, 0.25) is 4.80 Å². The van der Waals surface area contributed by atoms with E-state index in [1.807, 2.05) is 41.2 Å². The van der Waals surface area contributed by atoms with Crippen LogP contribution >= 0.6 is 34.5 Å².